The molecular formula is C15H13N3O5. The van der Waals surface area contributed by atoms with E-state index < -0.39 is 10.8 Å². The average Bonchev–Trinajstić information content (AvgIpc) is 2.50. The minimum absolute atomic E-state index is 0.0652. The summed E-state index contributed by atoms with van der Waals surface area (Å²) in [7, 11) is 0. The fraction of sp³-hybridized carbons (Fsp3) is 0.0667. The van der Waals surface area contributed by atoms with Crippen LogP contribution in [0.25, 0.3) is 0 Å². The van der Waals surface area contributed by atoms with E-state index in [1.54, 1.807) is 0 Å². The van der Waals surface area contributed by atoms with E-state index in [0.717, 1.165) is 0 Å². The summed E-state index contributed by atoms with van der Waals surface area (Å²) in [6, 6.07) is 8.06. The number of carbonyl (C=O) groups excluding carboxylic acids is 1. The van der Waals surface area contributed by atoms with Gasteiger partial charge in [-0.3, -0.25) is 14.9 Å². The molecule has 1 amide bonds. The maximum Gasteiger partial charge on any atom is 0.272 e. The summed E-state index contributed by atoms with van der Waals surface area (Å²) in [5.41, 5.74) is 3.29. The molecule has 0 radical (unpaired) electrons. The fourth-order valence-electron chi connectivity index (χ4n) is 1.85. The minimum Gasteiger partial charge on any atom is -0.504 e. The second-order valence-corrected chi connectivity index (χ2v) is 4.71. The number of hydrazone groups is 1. The van der Waals surface area contributed by atoms with Gasteiger partial charge in [0.1, 0.15) is 0 Å². The van der Waals surface area contributed by atoms with Crippen LogP contribution in [-0.4, -0.2) is 27.3 Å². The van der Waals surface area contributed by atoms with Gasteiger partial charge in [-0.05, 0) is 42.8 Å². The number of nitro groups is 1. The smallest absolute Gasteiger partial charge is 0.272 e. The zero-order valence-corrected chi connectivity index (χ0v) is 12.1. The summed E-state index contributed by atoms with van der Waals surface area (Å²) in [5.74, 6) is -1.08. The van der Waals surface area contributed by atoms with E-state index >= 15 is 0 Å². The number of aryl methyl sites for hydroxylation is 1. The molecule has 0 unspecified atom stereocenters. The Morgan fingerprint density at radius 3 is 2.57 bits per heavy atom. The normalized spacial score (nSPS) is 10.7. The zero-order valence-electron chi connectivity index (χ0n) is 12.1. The third-order valence-corrected chi connectivity index (χ3v) is 3.03. The number of nitrogens with one attached hydrogen (secondary N) is 1. The Balaban J connectivity index is 2.07. The monoisotopic (exact) mass is 315 g/mol. The first-order valence-corrected chi connectivity index (χ1v) is 6.49. The van der Waals surface area contributed by atoms with Gasteiger partial charge in [0.05, 0.1) is 11.1 Å². The van der Waals surface area contributed by atoms with Crippen LogP contribution in [0.4, 0.5) is 5.69 Å². The van der Waals surface area contributed by atoms with Gasteiger partial charge >= 0.3 is 0 Å². The Kier molecular flexibility index (Phi) is 4.55. The molecule has 0 fully saturated rings. The second-order valence-electron chi connectivity index (χ2n) is 4.71. The molecule has 0 aromatic heterocycles. The molecule has 0 atom stereocenters. The predicted molar refractivity (Wildman–Crippen MR) is 82.7 cm³/mol. The van der Waals surface area contributed by atoms with E-state index in [1.165, 1.54) is 49.5 Å². The first-order valence-electron chi connectivity index (χ1n) is 6.49. The van der Waals surface area contributed by atoms with Gasteiger partial charge in [0, 0.05) is 17.2 Å². The molecule has 0 aliphatic rings. The molecule has 23 heavy (non-hydrogen) atoms. The van der Waals surface area contributed by atoms with Crippen LogP contribution in [-0.2, 0) is 0 Å². The van der Waals surface area contributed by atoms with Crippen molar-refractivity contribution in [1.29, 1.82) is 0 Å². The van der Waals surface area contributed by atoms with Crippen LogP contribution in [0, 0.1) is 17.0 Å². The molecule has 2 rings (SSSR count). The number of amides is 1. The second kappa shape index (κ2) is 6.56. The van der Waals surface area contributed by atoms with Gasteiger partial charge in [-0.1, -0.05) is 0 Å². The lowest BCUT2D eigenvalue weighted by molar-refractivity contribution is -0.385. The number of hydrogen-bond donors (Lipinski definition) is 3. The molecule has 0 bridgehead atoms. The van der Waals surface area contributed by atoms with Crippen molar-refractivity contribution < 1.29 is 19.9 Å². The van der Waals surface area contributed by atoms with Crippen LogP contribution >= 0.6 is 0 Å². The van der Waals surface area contributed by atoms with Gasteiger partial charge in [-0.15, -0.1) is 0 Å². The SMILES string of the molecule is Cc1cc(C(=O)NN=Cc2ccc(O)c(O)c2)ccc1[N+](=O)[O-]. The number of phenolic OH excluding ortho intramolecular Hbond substituents is 2. The van der Waals surface area contributed by atoms with Gasteiger partial charge in [-0.2, -0.15) is 5.10 Å². The lowest BCUT2D eigenvalue weighted by atomic mass is 10.1. The van der Waals surface area contributed by atoms with Crippen molar-refractivity contribution in [3.8, 4) is 11.5 Å². The van der Waals surface area contributed by atoms with Crippen LogP contribution in [0.15, 0.2) is 41.5 Å². The molecule has 0 aliphatic carbocycles. The number of hydrogen-bond acceptors (Lipinski definition) is 6. The molecule has 118 valence electrons. The largest absolute Gasteiger partial charge is 0.504 e. The maximum atomic E-state index is 11.9. The number of rotatable bonds is 4. The van der Waals surface area contributed by atoms with Crippen molar-refractivity contribution in [3.63, 3.8) is 0 Å². The van der Waals surface area contributed by atoms with E-state index in [4.69, 9.17) is 0 Å². The Morgan fingerprint density at radius 2 is 1.96 bits per heavy atom. The first-order chi connectivity index (χ1) is 10.9. The summed E-state index contributed by atoms with van der Waals surface area (Å²) in [5, 5.41) is 33.0. The molecule has 2 aromatic rings. The van der Waals surface area contributed by atoms with Crippen LogP contribution in [0.5, 0.6) is 11.5 Å². The summed E-state index contributed by atoms with van der Waals surface area (Å²) >= 11 is 0. The summed E-state index contributed by atoms with van der Waals surface area (Å²) in [6.07, 6.45) is 1.29. The van der Waals surface area contributed by atoms with E-state index in [0.29, 0.717) is 11.1 Å². The van der Waals surface area contributed by atoms with Crippen LogP contribution in [0.2, 0.25) is 0 Å². The number of benzene rings is 2. The van der Waals surface area contributed by atoms with Gasteiger partial charge in [-0.25, -0.2) is 5.43 Å². The van der Waals surface area contributed by atoms with Crippen molar-refractivity contribution in [2.24, 2.45) is 5.10 Å². The molecule has 3 N–H and O–H groups in total. The highest BCUT2D eigenvalue weighted by molar-refractivity contribution is 5.95. The number of aromatic hydroxyl groups is 2. The molecule has 0 spiro atoms. The van der Waals surface area contributed by atoms with E-state index in [-0.39, 0.29) is 22.7 Å². The summed E-state index contributed by atoms with van der Waals surface area (Å²) < 4.78 is 0. The highest BCUT2D eigenvalue weighted by Gasteiger charge is 2.13. The first kappa shape index (κ1) is 16.0. The number of phenols is 2. The van der Waals surface area contributed by atoms with E-state index in [9.17, 15) is 25.1 Å². The van der Waals surface area contributed by atoms with Crippen molar-refractivity contribution >= 4 is 17.8 Å². The van der Waals surface area contributed by atoms with Gasteiger partial charge in [0.25, 0.3) is 11.6 Å². The Bertz CT molecular complexity index is 802. The van der Waals surface area contributed by atoms with Gasteiger partial charge in [0.2, 0.25) is 0 Å². The number of nitro benzene ring substituents is 1. The van der Waals surface area contributed by atoms with E-state index in [1.807, 2.05) is 0 Å². The standard InChI is InChI=1S/C15H13N3O5/c1-9-6-11(3-4-12(9)18(22)23)15(21)17-16-8-10-2-5-13(19)14(20)7-10/h2-8,19-20H,1H3,(H,17,21). The maximum absolute atomic E-state index is 11.9. The Labute approximate surface area is 130 Å². The predicted octanol–water partition coefficient (Wildman–Crippen LogP) is 2.08. The zero-order chi connectivity index (χ0) is 17.0. The van der Waals surface area contributed by atoms with Crippen molar-refractivity contribution in [2.45, 2.75) is 6.92 Å². The highest BCUT2D eigenvalue weighted by atomic mass is 16.6. The Morgan fingerprint density at radius 1 is 1.22 bits per heavy atom. The number of carbonyl (C=O) groups is 1. The fourth-order valence-corrected chi connectivity index (χ4v) is 1.85. The third kappa shape index (κ3) is 3.82. The molecule has 2 aromatic carbocycles. The van der Waals surface area contributed by atoms with Crippen LogP contribution < -0.4 is 5.43 Å². The van der Waals surface area contributed by atoms with Crippen molar-refractivity contribution in [1.82, 2.24) is 5.43 Å². The molecule has 0 saturated heterocycles. The molecule has 8 heteroatoms. The molecular weight excluding hydrogens is 302 g/mol. The summed E-state index contributed by atoms with van der Waals surface area (Å²) in [4.78, 5) is 22.1. The van der Waals surface area contributed by atoms with E-state index in [2.05, 4.69) is 10.5 Å². The third-order valence-electron chi connectivity index (χ3n) is 3.03. The van der Waals surface area contributed by atoms with Crippen molar-refractivity contribution in [2.75, 3.05) is 0 Å². The van der Waals surface area contributed by atoms with Crippen molar-refractivity contribution in [3.05, 3.63) is 63.2 Å². The van der Waals surface area contributed by atoms with Gasteiger partial charge in [0.15, 0.2) is 11.5 Å². The molecule has 8 nitrogen and oxygen atoms in total. The van der Waals surface area contributed by atoms with Crippen LogP contribution in [0.1, 0.15) is 21.5 Å². The molecule has 0 heterocycles. The van der Waals surface area contributed by atoms with Crippen LogP contribution in [0.3, 0.4) is 0 Å². The topological polar surface area (TPSA) is 125 Å². The lowest BCUT2D eigenvalue weighted by Crippen LogP contribution is -2.17. The molecule has 0 saturated carbocycles. The summed E-state index contributed by atoms with van der Waals surface area (Å²) in [6.45, 7) is 1.54. The quantitative estimate of drug-likeness (QED) is 0.345. The average molecular weight is 315 g/mol. The Hall–Kier alpha value is -3.42. The molecule has 0 aliphatic heterocycles. The minimum atomic E-state index is -0.526. The highest BCUT2D eigenvalue weighted by Crippen LogP contribution is 2.24. The lowest BCUT2D eigenvalue weighted by Gasteiger charge is -2.02. The number of nitrogens with zero attached hydrogens (tertiary/aromatic N) is 2. The van der Waals surface area contributed by atoms with Gasteiger partial charge < -0.3 is 10.2 Å².